The molecule has 23 heavy (non-hydrogen) atoms. The van der Waals surface area contributed by atoms with Crippen molar-refractivity contribution in [2.24, 2.45) is 5.92 Å². The fourth-order valence-corrected chi connectivity index (χ4v) is 1.97. The molecule has 0 saturated heterocycles. The summed E-state index contributed by atoms with van der Waals surface area (Å²) < 4.78 is 12.6. The van der Waals surface area contributed by atoms with Gasteiger partial charge in [-0.1, -0.05) is 25.4 Å². The molecular weight excluding hydrogens is 327 g/mol. The van der Waals surface area contributed by atoms with E-state index in [0.29, 0.717) is 12.1 Å². The molecule has 0 fully saturated rings. The number of carboxylic acid groups (broad SMARTS) is 1. The van der Waals surface area contributed by atoms with Crippen LogP contribution < -0.4 is 10.6 Å². The molecule has 1 aromatic rings. The predicted octanol–water partition coefficient (Wildman–Crippen LogP) is 2.48. The van der Waals surface area contributed by atoms with Crippen LogP contribution in [0.4, 0.5) is 10.1 Å². The number of carbonyl (C=O) groups is 3. The lowest BCUT2D eigenvalue weighted by Gasteiger charge is -2.13. The number of carboxylic acids is 1. The molecule has 0 aliphatic carbocycles. The second-order valence-corrected chi connectivity index (χ2v) is 5.77. The third-order valence-corrected chi connectivity index (χ3v) is 3.18. The molecule has 6 nitrogen and oxygen atoms in total. The van der Waals surface area contributed by atoms with Crippen molar-refractivity contribution in [1.82, 2.24) is 5.32 Å². The first-order valence-electron chi connectivity index (χ1n) is 6.93. The normalized spacial score (nSPS) is 11.9. The van der Waals surface area contributed by atoms with Crippen molar-refractivity contribution in [2.45, 2.75) is 26.3 Å². The van der Waals surface area contributed by atoms with Crippen LogP contribution in [0.2, 0.25) is 5.02 Å². The molecule has 1 unspecified atom stereocenters. The van der Waals surface area contributed by atoms with E-state index in [9.17, 15) is 18.8 Å². The van der Waals surface area contributed by atoms with Gasteiger partial charge < -0.3 is 15.7 Å². The maximum absolute atomic E-state index is 12.6. The van der Waals surface area contributed by atoms with Crippen molar-refractivity contribution >= 4 is 35.1 Å². The van der Waals surface area contributed by atoms with Gasteiger partial charge in [0.25, 0.3) is 5.91 Å². The lowest BCUT2D eigenvalue weighted by atomic mass is 10.1. The number of anilines is 1. The SMILES string of the molecule is CC(C)CC(=O)Nc1ccc(Cl)c(C(=O)NC(CF)C(=O)O)c1. The van der Waals surface area contributed by atoms with Crippen LogP contribution in [0.25, 0.3) is 0 Å². The molecule has 126 valence electrons. The van der Waals surface area contributed by atoms with Gasteiger partial charge in [-0.05, 0) is 24.1 Å². The van der Waals surface area contributed by atoms with E-state index in [1.165, 1.54) is 18.2 Å². The van der Waals surface area contributed by atoms with E-state index < -0.39 is 24.6 Å². The summed E-state index contributed by atoms with van der Waals surface area (Å²) in [6.45, 7) is 2.54. The highest BCUT2D eigenvalue weighted by atomic mass is 35.5. The fourth-order valence-electron chi connectivity index (χ4n) is 1.76. The third kappa shape index (κ3) is 5.86. The van der Waals surface area contributed by atoms with Crippen LogP contribution in [-0.2, 0) is 9.59 Å². The Kier molecular flexibility index (Phi) is 6.96. The molecule has 2 amide bonds. The summed E-state index contributed by atoms with van der Waals surface area (Å²) in [5, 5.41) is 13.5. The second kappa shape index (κ2) is 8.47. The average molecular weight is 345 g/mol. The van der Waals surface area contributed by atoms with Gasteiger partial charge in [0.1, 0.15) is 6.67 Å². The molecule has 0 bridgehead atoms. The van der Waals surface area contributed by atoms with Gasteiger partial charge >= 0.3 is 5.97 Å². The molecule has 1 atom stereocenters. The zero-order valence-corrected chi connectivity index (χ0v) is 13.5. The zero-order chi connectivity index (χ0) is 17.6. The van der Waals surface area contributed by atoms with E-state index in [1.54, 1.807) is 0 Å². The van der Waals surface area contributed by atoms with Crippen molar-refractivity contribution in [3.05, 3.63) is 28.8 Å². The number of alkyl halides is 1. The monoisotopic (exact) mass is 344 g/mol. The number of nitrogens with one attached hydrogen (secondary N) is 2. The summed E-state index contributed by atoms with van der Waals surface area (Å²) in [5.74, 6) is -2.37. The van der Waals surface area contributed by atoms with Crippen LogP contribution >= 0.6 is 11.6 Å². The Balaban J connectivity index is 2.90. The Labute approximate surface area is 138 Å². The first-order valence-corrected chi connectivity index (χ1v) is 7.31. The van der Waals surface area contributed by atoms with Gasteiger partial charge in [-0.15, -0.1) is 0 Å². The van der Waals surface area contributed by atoms with Gasteiger partial charge in [-0.2, -0.15) is 0 Å². The van der Waals surface area contributed by atoms with Gasteiger partial charge in [0.2, 0.25) is 5.91 Å². The zero-order valence-electron chi connectivity index (χ0n) is 12.7. The first-order chi connectivity index (χ1) is 10.7. The Hall–Kier alpha value is -2.15. The third-order valence-electron chi connectivity index (χ3n) is 2.85. The Morgan fingerprint density at radius 1 is 1.30 bits per heavy atom. The van der Waals surface area contributed by atoms with Gasteiger partial charge in [0.15, 0.2) is 6.04 Å². The summed E-state index contributed by atoms with van der Waals surface area (Å²) in [6.07, 6.45) is 0.313. The number of rotatable bonds is 7. The van der Waals surface area contributed by atoms with Gasteiger partial charge in [0.05, 0.1) is 10.6 Å². The summed E-state index contributed by atoms with van der Waals surface area (Å²) in [6, 6.07) is 2.57. The van der Waals surface area contributed by atoms with E-state index in [4.69, 9.17) is 16.7 Å². The maximum Gasteiger partial charge on any atom is 0.328 e. The topological polar surface area (TPSA) is 95.5 Å². The molecule has 0 spiro atoms. The maximum atomic E-state index is 12.6. The number of amides is 2. The number of carbonyl (C=O) groups excluding carboxylic acids is 2. The van der Waals surface area contributed by atoms with Crippen molar-refractivity contribution in [3.8, 4) is 0 Å². The van der Waals surface area contributed by atoms with Gasteiger partial charge in [0, 0.05) is 12.1 Å². The summed E-state index contributed by atoms with van der Waals surface area (Å²) in [7, 11) is 0. The minimum Gasteiger partial charge on any atom is -0.480 e. The van der Waals surface area contributed by atoms with Gasteiger partial charge in [-0.25, -0.2) is 9.18 Å². The number of hydrogen-bond acceptors (Lipinski definition) is 3. The van der Waals surface area contributed by atoms with Crippen molar-refractivity contribution in [2.75, 3.05) is 12.0 Å². The Morgan fingerprint density at radius 3 is 2.48 bits per heavy atom. The first kappa shape index (κ1) is 18.9. The molecule has 0 aromatic heterocycles. The van der Waals surface area contributed by atoms with Gasteiger partial charge in [-0.3, -0.25) is 9.59 Å². The van der Waals surface area contributed by atoms with Crippen molar-refractivity contribution < 1.29 is 23.9 Å². The van der Waals surface area contributed by atoms with Crippen LogP contribution in [0.3, 0.4) is 0 Å². The summed E-state index contributed by atoms with van der Waals surface area (Å²) in [5.41, 5.74) is 0.297. The molecule has 1 aromatic carbocycles. The molecule has 8 heteroatoms. The Bertz CT molecular complexity index is 607. The molecule has 0 aliphatic heterocycles. The Morgan fingerprint density at radius 2 is 1.96 bits per heavy atom. The standard InChI is InChI=1S/C15H18ClFN2O4/c1-8(2)5-13(20)18-9-3-4-11(16)10(6-9)14(21)19-12(7-17)15(22)23/h3-4,6,8,12H,5,7H2,1-2H3,(H,18,20)(H,19,21)(H,22,23). The van der Waals surface area contributed by atoms with E-state index in [-0.39, 0.29) is 22.4 Å². The second-order valence-electron chi connectivity index (χ2n) is 5.36. The molecule has 1 rings (SSSR count). The number of hydrogen-bond donors (Lipinski definition) is 3. The lowest BCUT2D eigenvalue weighted by molar-refractivity contribution is -0.139. The predicted molar refractivity (Wildman–Crippen MR) is 84.4 cm³/mol. The number of halogens is 2. The molecule has 0 radical (unpaired) electrons. The number of aliphatic carboxylic acids is 1. The highest BCUT2D eigenvalue weighted by molar-refractivity contribution is 6.34. The van der Waals surface area contributed by atoms with E-state index >= 15 is 0 Å². The highest BCUT2D eigenvalue weighted by Gasteiger charge is 2.22. The molecule has 0 aliphatic rings. The summed E-state index contributed by atoms with van der Waals surface area (Å²) >= 11 is 5.90. The van der Waals surface area contributed by atoms with Crippen LogP contribution in [-0.4, -0.2) is 35.6 Å². The quantitative estimate of drug-likeness (QED) is 0.708. The van der Waals surface area contributed by atoms with Crippen molar-refractivity contribution in [1.29, 1.82) is 0 Å². The largest absolute Gasteiger partial charge is 0.480 e. The van der Waals surface area contributed by atoms with Crippen molar-refractivity contribution in [3.63, 3.8) is 0 Å². The van der Waals surface area contributed by atoms with E-state index in [1.807, 2.05) is 19.2 Å². The fraction of sp³-hybridized carbons (Fsp3) is 0.400. The average Bonchev–Trinajstić information content (AvgIpc) is 2.45. The molecular formula is C15H18ClFN2O4. The number of benzene rings is 1. The lowest BCUT2D eigenvalue weighted by Crippen LogP contribution is -2.42. The smallest absolute Gasteiger partial charge is 0.328 e. The van der Waals surface area contributed by atoms with E-state index in [0.717, 1.165) is 0 Å². The molecule has 0 saturated carbocycles. The minimum absolute atomic E-state index is 0.0475. The molecule has 3 N–H and O–H groups in total. The van der Waals surface area contributed by atoms with E-state index in [2.05, 4.69) is 5.32 Å². The van der Waals surface area contributed by atoms with Crippen LogP contribution in [0, 0.1) is 5.92 Å². The van der Waals surface area contributed by atoms with Crippen LogP contribution in [0.15, 0.2) is 18.2 Å². The summed E-state index contributed by atoms with van der Waals surface area (Å²) in [4.78, 5) is 34.5. The molecule has 0 heterocycles. The van der Waals surface area contributed by atoms with Crippen LogP contribution in [0.1, 0.15) is 30.6 Å². The van der Waals surface area contributed by atoms with Crippen LogP contribution in [0.5, 0.6) is 0 Å². The highest BCUT2D eigenvalue weighted by Crippen LogP contribution is 2.21. The minimum atomic E-state index is -1.65.